The number of nitrogens with zero attached hydrogens (tertiary/aromatic N) is 2. The number of carboxylic acids is 2. The second kappa shape index (κ2) is 16.7. The van der Waals surface area contributed by atoms with E-state index in [2.05, 4.69) is 0 Å². The summed E-state index contributed by atoms with van der Waals surface area (Å²) in [7, 11) is 8.60. The van der Waals surface area contributed by atoms with Crippen LogP contribution in [0.3, 0.4) is 0 Å². The molecule has 0 saturated carbocycles. The molecule has 0 aliphatic carbocycles. The maximum Gasteiger partial charge on any atom is 0.201 e. The van der Waals surface area contributed by atoms with Gasteiger partial charge in [0, 0.05) is 44.1 Å². The van der Waals surface area contributed by atoms with Gasteiger partial charge in [-0.15, -0.1) is 0 Å². The molecule has 0 aromatic heterocycles. The molecule has 0 amide bonds. The number of aromatic hydroxyl groups is 1. The lowest BCUT2D eigenvalue weighted by Gasteiger charge is -2.51. The van der Waals surface area contributed by atoms with Crippen molar-refractivity contribution in [1.82, 2.24) is 0 Å². The highest BCUT2D eigenvalue weighted by atomic mass is 16.5. The minimum Gasteiger partial charge on any atom is -0.544 e. The molecule has 4 heterocycles. The number of carbonyl (C=O) groups is 2. The van der Waals surface area contributed by atoms with E-state index >= 15 is 0 Å². The van der Waals surface area contributed by atoms with Crippen molar-refractivity contribution in [2.45, 2.75) is 89.4 Å². The number of benzene rings is 4. The molecule has 8 rings (SSSR count). The van der Waals surface area contributed by atoms with Gasteiger partial charge in [0.1, 0.15) is 29.9 Å². The number of phenols is 1. The Morgan fingerprint density at radius 3 is 1.85 bits per heavy atom. The van der Waals surface area contributed by atoms with Gasteiger partial charge >= 0.3 is 0 Å². The SMILES string of the molecule is CCCC(C(=O)[O-])[N+]1(C)CCc2cc(OC)c3cc2C1Cc1ccc(cc1)Oc1cc(ccc1OC)CC1c2c(cc(OC)c(O)c2O3)CC[N+]1(C)C(CCC)C(=O)[O-]. The third-order valence-corrected chi connectivity index (χ3v) is 13.4. The Kier molecular flexibility index (Phi) is 11.8. The molecule has 12 nitrogen and oxygen atoms in total. The van der Waals surface area contributed by atoms with Gasteiger partial charge < -0.3 is 57.6 Å². The molecule has 12 heteroatoms. The fraction of sp³-hybridized carbons (Fsp3) is 0.447. The Hall–Kier alpha value is -5.46. The lowest BCUT2D eigenvalue weighted by Crippen LogP contribution is -2.63. The van der Waals surface area contributed by atoms with Crippen molar-refractivity contribution in [3.8, 4) is 46.0 Å². The van der Waals surface area contributed by atoms with E-state index < -0.39 is 30.1 Å². The maximum absolute atomic E-state index is 13.1. The molecular weight excluding hydrogens is 753 g/mol. The number of ether oxygens (including phenoxy) is 5. The first kappa shape index (κ1) is 41.7. The lowest BCUT2D eigenvalue weighted by atomic mass is 9.83. The van der Waals surface area contributed by atoms with Gasteiger partial charge in [-0.05, 0) is 64.7 Å². The number of rotatable bonds is 11. The quantitative estimate of drug-likeness (QED) is 0.187. The van der Waals surface area contributed by atoms with Crippen LogP contribution in [-0.2, 0) is 35.3 Å². The van der Waals surface area contributed by atoms with Crippen molar-refractivity contribution in [2.75, 3.05) is 48.5 Å². The van der Waals surface area contributed by atoms with Crippen molar-refractivity contribution in [3.05, 3.63) is 94.0 Å². The second-order valence-corrected chi connectivity index (χ2v) is 16.7. The molecule has 0 fully saturated rings. The molecule has 1 N–H and O–H groups in total. The Balaban J connectivity index is 1.53. The van der Waals surface area contributed by atoms with Gasteiger partial charge in [-0.2, -0.15) is 0 Å². The number of quaternary nitrogens is 2. The molecule has 6 unspecified atom stereocenters. The zero-order valence-corrected chi connectivity index (χ0v) is 35.2. The number of phenolic OH excluding ortho intramolecular Hbond substituents is 1. The molecule has 6 atom stereocenters. The highest BCUT2D eigenvalue weighted by molar-refractivity contribution is 5.71. The van der Waals surface area contributed by atoms with E-state index in [1.54, 1.807) is 14.2 Å². The van der Waals surface area contributed by atoms with E-state index in [-0.39, 0.29) is 32.3 Å². The predicted molar refractivity (Wildman–Crippen MR) is 217 cm³/mol. The van der Waals surface area contributed by atoms with Crippen molar-refractivity contribution in [1.29, 1.82) is 0 Å². The predicted octanol–water partition coefficient (Wildman–Crippen LogP) is 5.73. The Labute approximate surface area is 346 Å². The summed E-state index contributed by atoms with van der Waals surface area (Å²) in [6.45, 7) is 5.00. The van der Waals surface area contributed by atoms with Crippen LogP contribution in [0.15, 0.2) is 60.7 Å². The average Bonchev–Trinajstić information content (AvgIpc) is 3.22. The van der Waals surface area contributed by atoms with Gasteiger partial charge in [-0.25, -0.2) is 0 Å². The third kappa shape index (κ3) is 7.53. The van der Waals surface area contributed by atoms with Gasteiger partial charge in [0.05, 0.1) is 66.0 Å². The Morgan fingerprint density at radius 2 is 1.25 bits per heavy atom. The Morgan fingerprint density at radius 1 is 0.712 bits per heavy atom. The summed E-state index contributed by atoms with van der Waals surface area (Å²) in [4.78, 5) is 26.1. The fourth-order valence-electron chi connectivity index (χ4n) is 10.1. The van der Waals surface area contributed by atoms with Crippen LogP contribution >= 0.6 is 0 Å². The zero-order valence-electron chi connectivity index (χ0n) is 35.2. The number of hydrogen-bond donors (Lipinski definition) is 1. The number of carboxylic acid groups (broad SMARTS) is 2. The highest BCUT2D eigenvalue weighted by Crippen LogP contribution is 2.54. The summed E-state index contributed by atoms with van der Waals surface area (Å²) in [5, 5.41) is 38.2. The smallest absolute Gasteiger partial charge is 0.201 e. The van der Waals surface area contributed by atoms with Gasteiger partial charge in [0.25, 0.3) is 0 Å². The largest absolute Gasteiger partial charge is 0.544 e. The van der Waals surface area contributed by atoms with Gasteiger partial charge in [0.15, 0.2) is 34.5 Å². The molecule has 4 aliphatic rings. The minimum absolute atomic E-state index is 0.0935. The molecule has 6 bridgehead atoms. The molecule has 0 spiro atoms. The van der Waals surface area contributed by atoms with Crippen LogP contribution in [0.5, 0.6) is 46.0 Å². The van der Waals surface area contributed by atoms with E-state index in [0.717, 1.165) is 27.8 Å². The van der Waals surface area contributed by atoms with Gasteiger partial charge in [-0.1, -0.05) is 44.9 Å². The van der Waals surface area contributed by atoms with Crippen LogP contribution < -0.4 is 33.9 Å². The summed E-state index contributed by atoms with van der Waals surface area (Å²) in [6.07, 6.45) is 4.07. The first-order valence-corrected chi connectivity index (χ1v) is 20.7. The van der Waals surface area contributed by atoms with Crippen LogP contribution in [0.4, 0.5) is 0 Å². The van der Waals surface area contributed by atoms with Gasteiger partial charge in [0.2, 0.25) is 5.75 Å². The monoisotopic (exact) mass is 808 g/mol. The van der Waals surface area contributed by atoms with E-state index in [0.29, 0.717) is 98.8 Å². The molecule has 4 aromatic rings. The molecule has 0 radical (unpaired) electrons. The standard InChI is InChI=1S/C47H56N2O10/c1-8-10-34(46(51)52)48(3)20-18-30-25-39(56-6)41-27-33(30)36(48)22-28-12-15-32(16-13-28)58-40-24-29(14-17-38(40)55-5)23-37-43-31(26-42(57-7)44(50)45(43)59-41)19-21-49(37,4)35(11-9-2)47(53)54/h12-17,24-27,34-37H,8-11,18-23H2,1-7H3,(H-2,50,51,52,53,54). The minimum atomic E-state index is -1.14. The lowest BCUT2D eigenvalue weighted by molar-refractivity contribution is -0.958. The Bertz CT molecular complexity index is 2220. The third-order valence-electron chi connectivity index (χ3n) is 13.4. The van der Waals surface area contributed by atoms with Crippen LogP contribution in [0.2, 0.25) is 0 Å². The summed E-state index contributed by atoms with van der Waals surface area (Å²) in [5.74, 6) is 0.291. The first-order chi connectivity index (χ1) is 28.3. The number of carbonyl (C=O) groups excluding carboxylic acids is 2. The van der Waals surface area contributed by atoms with E-state index in [1.165, 1.54) is 7.11 Å². The van der Waals surface area contributed by atoms with E-state index in [9.17, 15) is 24.9 Å². The van der Waals surface area contributed by atoms with E-state index in [4.69, 9.17) is 23.7 Å². The van der Waals surface area contributed by atoms with Crippen molar-refractivity contribution in [2.24, 2.45) is 0 Å². The van der Waals surface area contributed by atoms with Crippen molar-refractivity contribution >= 4 is 11.9 Å². The van der Waals surface area contributed by atoms with Gasteiger partial charge in [-0.3, -0.25) is 0 Å². The molecule has 4 aromatic carbocycles. The summed E-state index contributed by atoms with van der Waals surface area (Å²) >= 11 is 0. The normalized spacial score (nSPS) is 23.0. The van der Waals surface area contributed by atoms with E-state index in [1.807, 2.05) is 88.6 Å². The average molecular weight is 809 g/mol. The zero-order chi connectivity index (χ0) is 42.2. The fourth-order valence-corrected chi connectivity index (χ4v) is 10.1. The van der Waals surface area contributed by atoms with Crippen molar-refractivity contribution < 1.29 is 57.6 Å². The van der Waals surface area contributed by atoms with Crippen LogP contribution in [0.25, 0.3) is 0 Å². The molecule has 0 saturated heterocycles. The number of methoxy groups -OCH3 is 3. The van der Waals surface area contributed by atoms with Crippen LogP contribution in [0.1, 0.15) is 85.0 Å². The maximum atomic E-state index is 13.1. The number of hydrogen-bond acceptors (Lipinski definition) is 10. The summed E-state index contributed by atoms with van der Waals surface area (Å²) < 4.78 is 31.3. The van der Waals surface area contributed by atoms with Crippen molar-refractivity contribution in [3.63, 3.8) is 0 Å². The second-order valence-electron chi connectivity index (χ2n) is 16.7. The molecule has 314 valence electrons. The summed E-state index contributed by atoms with van der Waals surface area (Å²) in [5.41, 5.74) is 5.28. The van der Waals surface area contributed by atoms with Crippen LogP contribution in [0, 0.1) is 0 Å². The first-order valence-electron chi connectivity index (χ1n) is 20.7. The number of fused-ring (bicyclic) bond motifs is 2. The number of aliphatic carboxylic acids is 2. The summed E-state index contributed by atoms with van der Waals surface area (Å²) in [6, 6.07) is 16.7. The topological polar surface area (TPSA) is 147 Å². The molecule has 4 aliphatic heterocycles. The molecule has 59 heavy (non-hydrogen) atoms. The van der Waals surface area contributed by atoms with Crippen LogP contribution in [-0.4, -0.2) is 86.6 Å². The molecular formula is C47H56N2O10. The number of likely N-dealkylation sites (N-methyl/N-ethyl adjacent to an activating group) is 2. The highest BCUT2D eigenvalue weighted by Gasteiger charge is 2.49.